The molecule has 0 spiro atoms. The van der Waals surface area contributed by atoms with Crippen molar-refractivity contribution in [2.24, 2.45) is 10.9 Å². The van der Waals surface area contributed by atoms with E-state index in [4.69, 9.17) is 9.47 Å². The number of morpholine rings is 1. The van der Waals surface area contributed by atoms with E-state index in [0.717, 1.165) is 65.4 Å². The highest BCUT2D eigenvalue weighted by Crippen LogP contribution is 2.33. The quantitative estimate of drug-likeness (QED) is 0.282. The number of carbonyl (C=O) groups excluding carboxylic acids is 1. The van der Waals surface area contributed by atoms with E-state index in [2.05, 4.69) is 51.7 Å². The Kier molecular flexibility index (Phi) is 12.4. The molecule has 33 heavy (non-hydrogen) atoms. The minimum absolute atomic E-state index is 0. The van der Waals surface area contributed by atoms with E-state index in [0.29, 0.717) is 11.9 Å². The third-order valence-electron chi connectivity index (χ3n) is 6.08. The Hall–Kier alpha value is -1.43. The van der Waals surface area contributed by atoms with Crippen molar-refractivity contribution in [2.75, 3.05) is 73.2 Å². The molecular formula is C24H40IN5O3. The Bertz CT molecular complexity index is 738. The molecular weight excluding hydrogens is 533 g/mol. The molecule has 3 rings (SSSR count). The maximum Gasteiger partial charge on any atom is 0.243 e. The minimum atomic E-state index is -0.0159. The van der Waals surface area contributed by atoms with Gasteiger partial charge in [-0.15, -0.1) is 24.0 Å². The number of rotatable bonds is 8. The zero-order valence-electron chi connectivity index (χ0n) is 20.2. The number of guanidine groups is 1. The molecule has 2 aliphatic rings. The molecule has 0 aromatic heterocycles. The Morgan fingerprint density at radius 3 is 2.58 bits per heavy atom. The van der Waals surface area contributed by atoms with E-state index in [9.17, 15) is 4.79 Å². The topological polar surface area (TPSA) is 78.4 Å². The Balaban J connectivity index is 0.00000385. The van der Waals surface area contributed by atoms with E-state index >= 15 is 0 Å². The van der Waals surface area contributed by atoms with Gasteiger partial charge in [0.05, 0.1) is 19.3 Å². The van der Waals surface area contributed by atoms with Gasteiger partial charge in [0.15, 0.2) is 5.96 Å². The van der Waals surface area contributed by atoms with Gasteiger partial charge in [0.25, 0.3) is 0 Å². The van der Waals surface area contributed by atoms with Crippen molar-refractivity contribution in [1.82, 2.24) is 20.4 Å². The fraction of sp³-hybridized carbons (Fsp3) is 0.667. The van der Waals surface area contributed by atoms with Gasteiger partial charge in [-0.2, -0.15) is 0 Å². The van der Waals surface area contributed by atoms with Crippen LogP contribution in [0.15, 0.2) is 29.3 Å². The van der Waals surface area contributed by atoms with E-state index in [1.54, 1.807) is 19.0 Å². The van der Waals surface area contributed by atoms with Crippen molar-refractivity contribution in [3.05, 3.63) is 35.4 Å². The van der Waals surface area contributed by atoms with Crippen LogP contribution < -0.4 is 10.6 Å². The van der Waals surface area contributed by atoms with Crippen molar-refractivity contribution >= 4 is 35.8 Å². The molecule has 0 saturated carbocycles. The molecule has 2 fully saturated rings. The number of hydrogen-bond acceptors (Lipinski definition) is 5. The molecule has 0 aliphatic carbocycles. The predicted octanol–water partition coefficient (Wildman–Crippen LogP) is 2.04. The number of hydrogen-bond donors (Lipinski definition) is 2. The maximum atomic E-state index is 12.1. The third-order valence-corrected chi connectivity index (χ3v) is 6.08. The highest BCUT2D eigenvalue weighted by molar-refractivity contribution is 14.0. The van der Waals surface area contributed by atoms with Gasteiger partial charge >= 0.3 is 0 Å². The van der Waals surface area contributed by atoms with Gasteiger partial charge in [-0.3, -0.25) is 9.69 Å². The Labute approximate surface area is 215 Å². The van der Waals surface area contributed by atoms with E-state index in [1.165, 1.54) is 11.1 Å². The second kappa shape index (κ2) is 14.7. The summed E-state index contributed by atoms with van der Waals surface area (Å²) in [4.78, 5) is 20.5. The number of aryl methyl sites for hydroxylation is 1. The fourth-order valence-electron chi connectivity index (χ4n) is 4.02. The first-order valence-electron chi connectivity index (χ1n) is 11.7. The van der Waals surface area contributed by atoms with Gasteiger partial charge in [-0.05, 0) is 25.3 Å². The molecule has 186 valence electrons. The normalized spacial score (nSPS) is 21.7. The molecule has 0 bridgehead atoms. The smallest absolute Gasteiger partial charge is 0.243 e. The summed E-state index contributed by atoms with van der Waals surface area (Å²) < 4.78 is 11.6. The summed E-state index contributed by atoms with van der Waals surface area (Å²) in [6, 6.07) is 8.63. The Morgan fingerprint density at radius 1 is 1.15 bits per heavy atom. The summed E-state index contributed by atoms with van der Waals surface area (Å²) in [5, 5.41) is 6.89. The molecule has 2 unspecified atom stereocenters. The second-order valence-corrected chi connectivity index (χ2v) is 8.82. The van der Waals surface area contributed by atoms with Crippen LogP contribution in [0.4, 0.5) is 0 Å². The summed E-state index contributed by atoms with van der Waals surface area (Å²) in [7, 11) is 3.50. The minimum Gasteiger partial charge on any atom is -0.379 e. The molecule has 2 atom stereocenters. The molecule has 2 saturated heterocycles. The first-order valence-corrected chi connectivity index (χ1v) is 11.7. The molecule has 1 aromatic carbocycles. The second-order valence-electron chi connectivity index (χ2n) is 8.82. The van der Waals surface area contributed by atoms with Gasteiger partial charge in [0, 0.05) is 59.3 Å². The van der Waals surface area contributed by atoms with Crippen molar-refractivity contribution < 1.29 is 14.3 Å². The first kappa shape index (κ1) is 27.8. The van der Waals surface area contributed by atoms with Crippen LogP contribution in [-0.2, 0) is 14.3 Å². The molecule has 2 heterocycles. The van der Waals surface area contributed by atoms with Gasteiger partial charge in [-0.25, -0.2) is 4.99 Å². The molecule has 1 aromatic rings. The highest BCUT2D eigenvalue weighted by atomic mass is 127. The average Bonchev–Trinajstić information content (AvgIpc) is 2.81. The van der Waals surface area contributed by atoms with Crippen LogP contribution in [0.3, 0.4) is 0 Å². The number of benzene rings is 1. The number of amides is 1. The van der Waals surface area contributed by atoms with Crippen molar-refractivity contribution in [1.29, 1.82) is 0 Å². The van der Waals surface area contributed by atoms with Gasteiger partial charge in [0.1, 0.15) is 6.54 Å². The lowest BCUT2D eigenvalue weighted by Crippen LogP contribution is -2.46. The van der Waals surface area contributed by atoms with Crippen molar-refractivity contribution in [3.8, 4) is 0 Å². The van der Waals surface area contributed by atoms with Crippen molar-refractivity contribution in [2.45, 2.75) is 25.9 Å². The zero-order valence-corrected chi connectivity index (χ0v) is 22.5. The van der Waals surface area contributed by atoms with Crippen LogP contribution in [-0.4, -0.2) is 94.9 Å². The lowest BCUT2D eigenvalue weighted by Gasteiger charge is -2.33. The van der Waals surface area contributed by atoms with Gasteiger partial charge in [0.2, 0.25) is 5.91 Å². The third kappa shape index (κ3) is 9.38. The Morgan fingerprint density at radius 2 is 1.88 bits per heavy atom. The van der Waals surface area contributed by atoms with Crippen LogP contribution >= 0.6 is 24.0 Å². The SMILES string of the molecule is Cc1ccc(C2OCCCC2CNC(=NCC(=O)N(C)C)NCCN2CCOCC2)cc1.I. The number of likely N-dealkylation sites (N-methyl/N-ethyl adjacent to an activating group) is 1. The van der Waals surface area contributed by atoms with E-state index in [1.807, 2.05) is 0 Å². The fourth-order valence-corrected chi connectivity index (χ4v) is 4.02. The average molecular weight is 574 g/mol. The predicted molar refractivity (Wildman–Crippen MR) is 142 cm³/mol. The summed E-state index contributed by atoms with van der Waals surface area (Å²) in [6.45, 7) is 8.96. The molecule has 2 N–H and O–H groups in total. The standard InChI is InChI=1S/C24H39N5O3.HI/c1-19-6-8-20(9-7-19)23-21(5-4-14-32-23)17-26-24(27-18-22(30)28(2)3)25-10-11-29-12-15-31-16-13-29;/h6-9,21,23H,4-5,10-18H2,1-3H3,(H2,25,26,27);1H. The van der Waals surface area contributed by atoms with Gasteiger partial charge in [-0.1, -0.05) is 29.8 Å². The monoisotopic (exact) mass is 573 g/mol. The van der Waals surface area contributed by atoms with Crippen molar-refractivity contribution in [3.63, 3.8) is 0 Å². The zero-order chi connectivity index (χ0) is 22.8. The molecule has 1 amide bonds. The van der Waals surface area contributed by atoms with Crippen LogP contribution in [0.25, 0.3) is 0 Å². The van der Waals surface area contributed by atoms with E-state index in [-0.39, 0.29) is 42.5 Å². The first-order chi connectivity index (χ1) is 15.5. The maximum absolute atomic E-state index is 12.1. The number of aliphatic imine (C=N–C) groups is 1. The highest BCUT2D eigenvalue weighted by Gasteiger charge is 2.27. The lowest BCUT2D eigenvalue weighted by atomic mass is 9.89. The number of ether oxygens (including phenoxy) is 2. The summed E-state index contributed by atoms with van der Waals surface area (Å²) in [5.74, 6) is 1.02. The van der Waals surface area contributed by atoms with Crippen LogP contribution in [0.2, 0.25) is 0 Å². The number of halogens is 1. The molecule has 2 aliphatic heterocycles. The van der Waals surface area contributed by atoms with E-state index < -0.39 is 0 Å². The summed E-state index contributed by atoms with van der Waals surface area (Å²) in [5.41, 5.74) is 2.48. The van der Waals surface area contributed by atoms with Crippen LogP contribution in [0, 0.1) is 12.8 Å². The van der Waals surface area contributed by atoms with Gasteiger partial charge < -0.3 is 25.0 Å². The summed E-state index contributed by atoms with van der Waals surface area (Å²) >= 11 is 0. The molecule has 9 heteroatoms. The lowest BCUT2D eigenvalue weighted by molar-refractivity contribution is -0.127. The molecule has 0 radical (unpaired) electrons. The molecule has 8 nitrogen and oxygen atoms in total. The number of carbonyl (C=O) groups is 1. The summed E-state index contributed by atoms with van der Waals surface area (Å²) in [6.07, 6.45) is 2.24. The largest absolute Gasteiger partial charge is 0.379 e. The van der Waals surface area contributed by atoms with Crippen LogP contribution in [0.5, 0.6) is 0 Å². The van der Waals surface area contributed by atoms with Crippen LogP contribution in [0.1, 0.15) is 30.1 Å². The number of nitrogens with zero attached hydrogens (tertiary/aromatic N) is 3. The number of nitrogens with one attached hydrogen (secondary N) is 2.